The monoisotopic (exact) mass is 150 g/mol. The molecule has 2 aromatic heterocycles. The highest BCUT2D eigenvalue weighted by Gasteiger charge is 2.01. The van der Waals surface area contributed by atoms with E-state index in [0.717, 1.165) is 0 Å². The SMILES string of the molecule is Cc1nc2ncnc(N)n2n1. The Bertz CT molecular complexity index is 391. The van der Waals surface area contributed by atoms with Crippen molar-refractivity contribution >= 4 is 11.7 Å². The molecule has 6 heteroatoms. The molecule has 0 radical (unpaired) electrons. The number of anilines is 1. The van der Waals surface area contributed by atoms with Crippen LogP contribution in [0.15, 0.2) is 6.33 Å². The molecule has 2 N–H and O–H groups in total. The molecule has 0 amide bonds. The Morgan fingerprint density at radius 2 is 2.27 bits per heavy atom. The third kappa shape index (κ3) is 0.794. The summed E-state index contributed by atoms with van der Waals surface area (Å²) in [6, 6.07) is 0. The van der Waals surface area contributed by atoms with Gasteiger partial charge in [-0.2, -0.15) is 14.5 Å². The Kier molecular flexibility index (Phi) is 1.03. The average Bonchev–Trinajstić information content (AvgIpc) is 2.31. The Morgan fingerprint density at radius 1 is 1.45 bits per heavy atom. The number of hydrogen-bond donors (Lipinski definition) is 1. The molecule has 6 nitrogen and oxygen atoms in total. The lowest BCUT2D eigenvalue weighted by molar-refractivity contribution is 0.892. The van der Waals surface area contributed by atoms with Gasteiger partial charge >= 0.3 is 0 Å². The maximum atomic E-state index is 5.48. The highest BCUT2D eigenvalue weighted by Crippen LogP contribution is 1.98. The van der Waals surface area contributed by atoms with E-state index in [4.69, 9.17) is 5.73 Å². The van der Waals surface area contributed by atoms with Crippen LogP contribution in [0, 0.1) is 6.92 Å². The Balaban J connectivity index is 2.90. The third-order valence-corrected chi connectivity index (χ3v) is 1.28. The van der Waals surface area contributed by atoms with Crippen LogP contribution in [0.1, 0.15) is 5.82 Å². The van der Waals surface area contributed by atoms with E-state index in [2.05, 4.69) is 20.1 Å². The van der Waals surface area contributed by atoms with Crippen molar-refractivity contribution < 1.29 is 0 Å². The van der Waals surface area contributed by atoms with Gasteiger partial charge in [-0.25, -0.2) is 4.98 Å². The average molecular weight is 150 g/mol. The molecule has 0 aliphatic heterocycles. The van der Waals surface area contributed by atoms with Crippen LogP contribution < -0.4 is 5.73 Å². The second-order valence-electron chi connectivity index (χ2n) is 2.10. The number of nitrogens with zero attached hydrogens (tertiary/aromatic N) is 5. The number of aryl methyl sites for hydroxylation is 1. The second kappa shape index (κ2) is 1.88. The fourth-order valence-electron chi connectivity index (χ4n) is 0.835. The molecule has 0 atom stereocenters. The van der Waals surface area contributed by atoms with E-state index in [0.29, 0.717) is 17.6 Å². The van der Waals surface area contributed by atoms with Gasteiger partial charge in [0.05, 0.1) is 0 Å². The van der Waals surface area contributed by atoms with Crippen LogP contribution in [0.2, 0.25) is 0 Å². The number of hydrogen-bond acceptors (Lipinski definition) is 5. The maximum Gasteiger partial charge on any atom is 0.257 e. The Morgan fingerprint density at radius 3 is 3.00 bits per heavy atom. The molecule has 0 unspecified atom stereocenters. The number of fused-ring (bicyclic) bond motifs is 1. The van der Waals surface area contributed by atoms with Crippen LogP contribution in [-0.4, -0.2) is 24.6 Å². The number of nitrogen functional groups attached to an aromatic ring is 1. The number of nitrogens with two attached hydrogens (primary N) is 1. The van der Waals surface area contributed by atoms with Gasteiger partial charge in [0, 0.05) is 0 Å². The van der Waals surface area contributed by atoms with Crippen LogP contribution in [-0.2, 0) is 0 Å². The van der Waals surface area contributed by atoms with Gasteiger partial charge in [-0.05, 0) is 6.92 Å². The van der Waals surface area contributed by atoms with Gasteiger partial charge in [-0.15, -0.1) is 5.10 Å². The summed E-state index contributed by atoms with van der Waals surface area (Å²) >= 11 is 0. The van der Waals surface area contributed by atoms with E-state index < -0.39 is 0 Å². The van der Waals surface area contributed by atoms with Gasteiger partial charge < -0.3 is 5.73 Å². The zero-order valence-electron chi connectivity index (χ0n) is 5.89. The first kappa shape index (κ1) is 6.02. The van der Waals surface area contributed by atoms with Crippen molar-refractivity contribution in [2.24, 2.45) is 0 Å². The van der Waals surface area contributed by atoms with Crippen molar-refractivity contribution in [3.8, 4) is 0 Å². The lowest BCUT2D eigenvalue weighted by Gasteiger charge is -1.91. The van der Waals surface area contributed by atoms with Gasteiger partial charge in [-0.3, -0.25) is 0 Å². The molecule has 0 saturated heterocycles. The van der Waals surface area contributed by atoms with E-state index in [1.165, 1.54) is 10.8 Å². The molecule has 0 aromatic carbocycles. The van der Waals surface area contributed by atoms with Gasteiger partial charge in [0.25, 0.3) is 5.78 Å². The summed E-state index contributed by atoms with van der Waals surface area (Å²) in [7, 11) is 0. The molecule has 56 valence electrons. The summed E-state index contributed by atoms with van der Waals surface area (Å²) in [5, 5.41) is 3.97. The number of rotatable bonds is 0. The molecule has 0 aliphatic rings. The molecule has 2 aromatic rings. The smallest absolute Gasteiger partial charge is 0.257 e. The zero-order chi connectivity index (χ0) is 7.84. The van der Waals surface area contributed by atoms with Crippen molar-refractivity contribution in [2.75, 3.05) is 5.73 Å². The lowest BCUT2D eigenvalue weighted by atomic mass is 10.8. The van der Waals surface area contributed by atoms with E-state index in [1.807, 2.05) is 0 Å². The van der Waals surface area contributed by atoms with Gasteiger partial charge in [0.1, 0.15) is 12.2 Å². The van der Waals surface area contributed by atoms with Crippen LogP contribution in [0.3, 0.4) is 0 Å². The van der Waals surface area contributed by atoms with Crippen LogP contribution in [0.5, 0.6) is 0 Å². The topological polar surface area (TPSA) is 82.0 Å². The number of aromatic nitrogens is 5. The first-order chi connectivity index (χ1) is 5.27. The summed E-state index contributed by atoms with van der Waals surface area (Å²) in [5.74, 6) is 1.42. The Hall–Kier alpha value is -1.72. The molecule has 0 spiro atoms. The quantitative estimate of drug-likeness (QED) is 0.542. The largest absolute Gasteiger partial charge is 0.368 e. The fraction of sp³-hybridized carbons (Fsp3) is 0.200. The molecule has 11 heavy (non-hydrogen) atoms. The minimum atomic E-state index is 0.301. The standard InChI is InChI=1S/C5H6N6/c1-3-9-5-8-2-7-4(6)11(5)10-3/h2H,1H3,(H2,6,7,8,9,10). The second-order valence-corrected chi connectivity index (χ2v) is 2.10. The van der Waals surface area contributed by atoms with Gasteiger partial charge in [-0.1, -0.05) is 0 Å². The molecule has 0 bridgehead atoms. The Labute approximate surface area is 62.1 Å². The highest BCUT2D eigenvalue weighted by molar-refractivity contribution is 5.32. The van der Waals surface area contributed by atoms with E-state index >= 15 is 0 Å². The summed E-state index contributed by atoms with van der Waals surface area (Å²) in [6.07, 6.45) is 1.36. The molecular weight excluding hydrogens is 144 g/mol. The highest BCUT2D eigenvalue weighted by atomic mass is 15.4. The molecule has 0 fully saturated rings. The predicted molar refractivity (Wildman–Crippen MR) is 37.7 cm³/mol. The summed E-state index contributed by atoms with van der Waals surface area (Å²) in [6.45, 7) is 1.77. The van der Waals surface area contributed by atoms with Crippen LogP contribution in [0.25, 0.3) is 5.78 Å². The van der Waals surface area contributed by atoms with Crippen molar-refractivity contribution in [3.63, 3.8) is 0 Å². The van der Waals surface area contributed by atoms with Crippen molar-refractivity contribution in [2.45, 2.75) is 6.92 Å². The van der Waals surface area contributed by atoms with E-state index in [-0.39, 0.29) is 0 Å². The minimum Gasteiger partial charge on any atom is -0.368 e. The normalized spacial score (nSPS) is 10.6. The predicted octanol–water partition coefficient (Wildman–Crippen LogP) is -0.590. The molecule has 0 saturated carbocycles. The van der Waals surface area contributed by atoms with Crippen LogP contribution >= 0.6 is 0 Å². The summed E-state index contributed by atoms with van der Waals surface area (Å²) in [4.78, 5) is 11.6. The first-order valence-electron chi connectivity index (χ1n) is 3.07. The van der Waals surface area contributed by atoms with Crippen LogP contribution in [0.4, 0.5) is 5.95 Å². The molecular formula is C5H6N6. The summed E-state index contributed by atoms with van der Waals surface area (Å²) < 4.78 is 1.40. The minimum absolute atomic E-state index is 0.301. The molecule has 2 rings (SSSR count). The summed E-state index contributed by atoms with van der Waals surface area (Å²) in [5.41, 5.74) is 5.48. The van der Waals surface area contributed by atoms with Crippen molar-refractivity contribution in [3.05, 3.63) is 12.2 Å². The van der Waals surface area contributed by atoms with Gasteiger partial charge in [0.2, 0.25) is 5.95 Å². The lowest BCUT2D eigenvalue weighted by Crippen LogP contribution is -2.02. The van der Waals surface area contributed by atoms with Crippen molar-refractivity contribution in [1.29, 1.82) is 0 Å². The van der Waals surface area contributed by atoms with E-state index in [9.17, 15) is 0 Å². The first-order valence-corrected chi connectivity index (χ1v) is 3.07. The maximum absolute atomic E-state index is 5.48. The van der Waals surface area contributed by atoms with Crippen molar-refractivity contribution in [1.82, 2.24) is 24.6 Å². The molecule has 0 aliphatic carbocycles. The van der Waals surface area contributed by atoms with E-state index in [1.54, 1.807) is 6.92 Å². The fourth-order valence-corrected chi connectivity index (χ4v) is 0.835. The molecule has 2 heterocycles. The third-order valence-electron chi connectivity index (χ3n) is 1.28. The zero-order valence-corrected chi connectivity index (χ0v) is 5.89. The van der Waals surface area contributed by atoms with Gasteiger partial charge in [0.15, 0.2) is 0 Å².